The lowest BCUT2D eigenvalue weighted by Gasteiger charge is -2.30. The summed E-state index contributed by atoms with van der Waals surface area (Å²) in [5.74, 6) is -0.348. The minimum atomic E-state index is -0.362. The molecule has 2 aromatic carbocycles. The van der Waals surface area contributed by atoms with Crippen molar-refractivity contribution in [3.8, 4) is 0 Å². The zero-order valence-corrected chi connectivity index (χ0v) is 14.2. The van der Waals surface area contributed by atoms with Crippen LogP contribution in [0.1, 0.15) is 27.9 Å². The first-order valence-corrected chi connectivity index (χ1v) is 8.23. The van der Waals surface area contributed by atoms with Gasteiger partial charge in [-0.05, 0) is 48.2 Å². The third kappa shape index (κ3) is 3.29. The number of benzene rings is 2. The summed E-state index contributed by atoms with van der Waals surface area (Å²) in [5.41, 5.74) is 3.16. The number of ether oxygens (including phenoxy) is 1. The van der Waals surface area contributed by atoms with Crippen LogP contribution in [0.15, 0.2) is 42.5 Å². The van der Waals surface area contributed by atoms with E-state index in [1.54, 1.807) is 29.2 Å². The first-order chi connectivity index (χ1) is 11.6. The van der Waals surface area contributed by atoms with E-state index >= 15 is 0 Å². The average Bonchev–Trinajstić information content (AvgIpc) is 2.61. The Morgan fingerprint density at radius 3 is 2.62 bits per heavy atom. The molecule has 0 unspecified atom stereocenters. The van der Waals surface area contributed by atoms with E-state index in [0.717, 1.165) is 29.7 Å². The number of anilines is 1. The smallest absolute Gasteiger partial charge is 0.338 e. The number of carbonyl (C=O) groups is 2. The van der Waals surface area contributed by atoms with Gasteiger partial charge in [0.1, 0.15) is 0 Å². The first kappa shape index (κ1) is 16.5. The SMILES string of the molecule is COC(=O)c1cccc2c1CCCN2C(=O)Cc1ccc(Cl)cc1. The molecule has 2 aromatic rings. The van der Waals surface area contributed by atoms with Crippen molar-refractivity contribution in [3.63, 3.8) is 0 Å². The first-order valence-electron chi connectivity index (χ1n) is 7.85. The molecule has 0 aromatic heterocycles. The van der Waals surface area contributed by atoms with Crippen LogP contribution >= 0.6 is 11.6 Å². The van der Waals surface area contributed by atoms with Gasteiger partial charge in [-0.3, -0.25) is 4.79 Å². The number of rotatable bonds is 3. The van der Waals surface area contributed by atoms with E-state index in [0.29, 0.717) is 23.6 Å². The van der Waals surface area contributed by atoms with Gasteiger partial charge in [-0.2, -0.15) is 0 Å². The molecule has 0 aliphatic carbocycles. The highest BCUT2D eigenvalue weighted by molar-refractivity contribution is 6.30. The largest absolute Gasteiger partial charge is 0.465 e. The quantitative estimate of drug-likeness (QED) is 0.799. The van der Waals surface area contributed by atoms with Crippen molar-refractivity contribution in [2.45, 2.75) is 19.3 Å². The van der Waals surface area contributed by atoms with E-state index in [2.05, 4.69) is 0 Å². The van der Waals surface area contributed by atoms with Crippen molar-refractivity contribution in [1.29, 1.82) is 0 Å². The van der Waals surface area contributed by atoms with Crippen molar-refractivity contribution < 1.29 is 14.3 Å². The predicted octanol–water partition coefficient (Wildman–Crippen LogP) is 3.65. The number of nitrogens with zero attached hydrogens (tertiary/aromatic N) is 1. The van der Waals surface area contributed by atoms with Gasteiger partial charge in [0.25, 0.3) is 0 Å². The second kappa shape index (κ2) is 7.05. The maximum absolute atomic E-state index is 12.7. The molecule has 0 spiro atoms. The lowest BCUT2D eigenvalue weighted by Crippen LogP contribution is -2.37. The van der Waals surface area contributed by atoms with Crippen LogP contribution in [0.2, 0.25) is 5.02 Å². The molecule has 0 bridgehead atoms. The van der Waals surface area contributed by atoms with Gasteiger partial charge in [0, 0.05) is 17.3 Å². The van der Waals surface area contributed by atoms with E-state index < -0.39 is 0 Å². The Morgan fingerprint density at radius 2 is 1.92 bits per heavy atom. The maximum Gasteiger partial charge on any atom is 0.338 e. The van der Waals surface area contributed by atoms with Crippen LogP contribution < -0.4 is 4.90 Å². The summed E-state index contributed by atoms with van der Waals surface area (Å²) < 4.78 is 4.85. The molecule has 0 atom stereocenters. The number of fused-ring (bicyclic) bond motifs is 1. The minimum Gasteiger partial charge on any atom is -0.465 e. The zero-order valence-electron chi connectivity index (χ0n) is 13.4. The summed E-state index contributed by atoms with van der Waals surface area (Å²) in [5, 5.41) is 0.650. The second-order valence-corrected chi connectivity index (χ2v) is 6.18. The fourth-order valence-corrected chi connectivity index (χ4v) is 3.18. The van der Waals surface area contributed by atoms with Crippen molar-refractivity contribution >= 4 is 29.2 Å². The van der Waals surface area contributed by atoms with Crippen LogP contribution in [0.25, 0.3) is 0 Å². The molecule has 0 radical (unpaired) electrons. The highest BCUT2D eigenvalue weighted by Crippen LogP contribution is 2.31. The zero-order chi connectivity index (χ0) is 17.1. The summed E-state index contributed by atoms with van der Waals surface area (Å²) in [6.45, 7) is 0.657. The third-order valence-corrected chi connectivity index (χ3v) is 4.48. The van der Waals surface area contributed by atoms with Gasteiger partial charge < -0.3 is 9.64 Å². The number of hydrogen-bond acceptors (Lipinski definition) is 3. The van der Waals surface area contributed by atoms with Gasteiger partial charge >= 0.3 is 5.97 Å². The van der Waals surface area contributed by atoms with E-state index in [-0.39, 0.29) is 11.9 Å². The topological polar surface area (TPSA) is 46.6 Å². The van der Waals surface area contributed by atoms with Crippen LogP contribution in [0.4, 0.5) is 5.69 Å². The van der Waals surface area contributed by atoms with Crippen molar-refractivity contribution in [2.75, 3.05) is 18.6 Å². The molecule has 4 nitrogen and oxygen atoms in total. The standard InChI is InChI=1S/C19H18ClNO3/c1-24-19(23)16-4-2-6-17-15(16)5-3-11-21(17)18(22)12-13-7-9-14(20)10-8-13/h2,4,6-10H,3,5,11-12H2,1H3. The molecule has 0 N–H and O–H groups in total. The number of halogens is 1. The van der Waals surface area contributed by atoms with Gasteiger partial charge in [0.2, 0.25) is 5.91 Å². The van der Waals surface area contributed by atoms with Crippen molar-refractivity contribution in [2.24, 2.45) is 0 Å². The van der Waals surface area contributed by atoms with Crippen molar-refractivity contribution in [1.82, 2.24) is 0 Å². The van der Waals surface area contributed by atoms with Gasteiger partial charge in [-0.25, -0.2) is 4.79 Å². The summed E-state index contributed by atoms with van der Waals surface area (Å²) in [7, 11) is 1.37. The van der Waals surface area contributed by atoms with E-state index in [1.165, 1.54) is 7.11 Å². The molecule has 5 heteroatoms. The van der Waals surface area contributed by atoms with Gasteiger partial charge in [0.15, 0.2) is 0 Å². The fraction of sp³-hybridized carbons (Fsp3) is 0.263. The lowest BCUT2D eigenvalue weighted by atomic mass is 9.95. The van der Waals surface area contributed by atoms with Crippen LogP contribution in [0.3, 0.4) is 0 Å². The molecule has 0 saturated heterocycles. The molecule has 1 amide bonds. The van der Waals surface area contributed by atoms with Crippen LogP contribution in [0, 0.1) is 0 Å². The van der Waals surface area contributed by atoms with Gasteiger partial charge in [-0.15, -0.1) is 0 Å². The molecular weight excluding hydrogens is 326 g/mol. The van der Waals surface area contributed by atoms with E-state index in [4.69, 9.17) is 16.3 Å². The van der Waals surface area contributed by atoms with E-state index in [1.807, 2.05) is 18.2 Å². The van der Waals surface area contributed by atoms with E-state index in [9.17, 15) is 9.59 Å². The monoisotopic (exact) mass is 343 g/mol. The Balaban J connectivity index is 1.87. The Kier molecular flexibility index (Phi) is 4.86. The molecule has 1 heterocycles. The predicted molar refractivity (Wildman–Crippen MR) is 93.6 cm³/mol. The summed E-state index contributed by atoms with van der Waals surface area (Å²) in [6, 6.07) is 12.7. The average molecular weight is 344 g/mol. The number of hydrogen-bond donors (Lipinski definition) is 0. The van der Waals surface area contributed by atoms with Crippen molar-refractivity contribution in [3.05, 3.63) is 64.2 Å². The summed E-state index contributed by atoms with van der Waals surface area (Å²) in [6.07, 6.45) is 1.90. The normalized spacial score (nSPS) is 13.3. The molecule has 0 saturated carbocycles. The second-order valence-electron chi connectivity index (χ2n) is 5.75. The number of methoxy groups -OCH3 is 1. The molecular formula is C19H18ClNO3. The van der Waals surface area contributed by atoms with Gasteiger partial charge in [-0.1, -0.05) is 29.8 Å². The van der Waals surface area contributed by atoms with Crippen LogP contribution in [0.5, 0.6) is 0 Å². The Labute approximate surface area is 146 Å². The molecule has 0 fully saturated rings. The Bertz CT molecular complexity index is 771. The summed E-state index contributed by atoms with van der Waals surface area (Å²) in [4.78, 5) is 26.5. The highest BCUT2D eigenvalue weighted by Gasteiger charge is 2.26. The lowest BCUT2D eigenvalue weighted by molar-refractivity contribution is -0.118. The fourth-order valence-electron chi connectivity index (χ4n) is 3.06. The Hall–Kier alpha value is -2.33. The molecule has 24 heavy (non-hydrogen) atoms. The molecule has 1 aliphatic heterocycles. The molecule has 124 valence electrons. The maximum atomic E-state index is 12.7. The Morgan fingerprint density at radius 1 is 1.17 bits per heavy atom. The molecule has 3 rings (SSSR count). The molecule has 1 aliphatic rings. The van der Waals surface area contributed by atoms with Crippen LogP contribution in [-0.4, -0.2) is 25.5 Å². The highest BCUT2D eigenvalue weighted by atomic mass is 35.5. The number of carbonyl (C=O) groups excluding carboxylic acids is 2. The van der Waals surface area contributed by atoms with Gasteiger partial charge in [0.05, 0.1) is 19.1 Å². The van der Waals surface area contributed by atoms with Crippen LogP contribution in [-0.2, 0) is 22.4 Å². The summed E-state index contributed by atoms with van der Waals surface area (Å²) >= 11 is 5.89. The number of esters is 1. The number of amides is 1. The third-order valence-electron chi connectivity index (χ3n) is 4.23. The minimum absolute atomic E-state index is 0.0142.